The first-order valence-corrected chi connectivity index (χ1v) is 10.3. The normalized spacial score (nSPS) is 19.1. The van der Waals surface area contributed by atoms with Crippen LogP contribution in [0, 0.1) is 5.92 Å². The van der Waals surface area contributed by atoms with Crippen molar-refractivity contribution in [2.24, 2.45) is 5.92 Å². The number of ether oxygens (including phenoxy) is 1. The first kappa shape index (κ1) is 19.4. The molecule has 7 heteroatoms. The van der Waals surface area contributed by atoms with E-state index in [0.29, 0.717) is 25.0 Å². The van der Waals surface area contributed by atoms with Crippen LogP contribution in [0.3, 0.4) is 0 Å². The number of imidazole rings is 1. The smallest absolute Gasteiger partial charge is 0.228 e. The van der Waals surface area contributed by atoms with Crippen LogP contribution in [0.4, 0.5) is 0 Å². The zero-order valence-electron chi connectivity index (χ0n) is 15.5. The average Bonchev–Trinajstić information content (AvgIpc) is 3.14. The maximum atomic E-state index is 12.6. The molecule has 0 spiro atoms. The van der Waals surface area contributed by atoms with E-state index in [1.807, 2.05) is 4.57 Å². The van der Waals surface area contributed by atoms with E-state index in [9.17, 15) is 8.42 Å². The lowest BCUT2D eigenvalue weighted by Gasteiger charge is -2.24. The molecule has 2 heterocycles. The van der Waals surface area contributed by atoms with Crippen molar-refractivity contribution in [3.8, 4) is 0 Å². The fourth-order valence-electron chi connectivity index (χ4n) is 2.84. The third kappa shape index (κ3) is 4.37. The van der Waals surface area contributed by atoms with E-state index in [1.54, 1.807) is 20.0 Å². The molecule has 6 nitrogen and oxygen atoms in total. The number of hydrogen-bond donors (Lipinski definition) is 0. The van der Waals surface area contributed by atoms with Crippen molar-refractivity contribution in [1.82, 2.24) is 14.5 Å². The minimum Gasteiger partial charge on any atom is -0.380 e. The third-order valence-corrected chi connectivity index (χ3v) is 6.72. The highest BCUT2D eigenvalue weighted by Gasteiger charge is 2.28. The predicted octanol–water partition coefficient (Wildman–Crippen LogP) is 2.33. The molecule has 0 amide bonds. The van der Waals surface area contributed by atoms with Crippen LogP contribution in [0.2, 0.25) is 0 Å². The summed E-state index contributed by atoms with van der Waals surface area (Å²) in [5.41, 5.74) is 0.962. The van der Waals surface area contributed by atoms with Gasteiger partial charge in [0.2, 0.25) is 15.0 Å². The second-order valence-electron chi connectivity index (χ2n) is 7.39. The van der Waals surface area contributed by atoms with Gasteiger partial charge in [0.25, 0.3) is 0 Å². The highest BCUT2D eigenvalue weighted by Crippen LogP contribution is 2.21. The molecular formula is C17H31N3O3S. The van der Waals surface area contributed by atoms with Gasteiger partial charge < -0.3 is 9.30 Å². The SMILES string of the molecule is CC(C)CCn1c(CN(C)[C@@H]2CCOC2)cnc1S(=O)(=O)C(C)C. The fourth-order valence-corrected chi connectivity index (χ4v) is 3.97. The van der Waals surface area contributed by atoms with Crippen molar-refractivity contribution in [2.45, 2.75) is 70.1 Å². The van der Waals surface area contributed by atoms with E-state index in [-0.39, 0.29) is 5.16 Å². The number of sulfone groups is 1. The van der Waals surface area contributed by atoms with Crippen molar-refractivity contribution >= 4 is 9.84 Å². The number of hydrogen-bond acceptors (Lipinski definition) is 5. The Bertz CT molecular complexity index is 632. The highest BCUT2D eigenvalue weighted by atomic mass is 32.2. The van der Waals surface area contributed by atoms with Gasteiger partial charge >= 0.3 is 0 Å². The van der Waals surface area contributed by atoms with Crippen molar-refractivity contribution in [2.75, 3.05) is 20.3 Å². The maximum Gasteiger partial charge on any atom is 0.228 e. The summed E-state index contributed by atoms with van der Waals surface area (Å²) in [6.45, 7) is 10.6. The van der Waals surface area contributed by atoms with Crippen LogP contribution in [-0.4, -0.2) is 54.4 Å². The maximum absolute atomic E-state index is 12.6. The van der Waals surface area contributed by atoms with Crippen LogP contribution in [0.5, 0.6) is 0 Å². The van der Waals surface area contributed by atoms with E-state index < -0.39 is 15.1 Å². The van der Waals surface area contributed by atoms with Crippen molar-refractivity contribution in [1.29, 1.82) is 0 Å². The Labute approximate surface area is 146 Å². The predicted molar refractivity (Wildman–Crippen MR) is 94.7 cm³/mol. The lowest BCUT2D eigenvalue weighted by atomic mass is 10.1. The molecule has 138 valence electrons. The molecule has 1 atom stereocenters. The Balaban J connectivity index is 2.27. The molecule has 2 rings (SSSR count). The Morgan fingerprint density at radius 2 is 2.08 bits per heavy atom. The first-order valence-electron chi connectivity index (χ1n) is 8.79. The van der Waals surface area contributed by atoms with Gasteiger partial charge in [-0.05, 0) is 39.7 Å². The molecule has 0 aliphatic carbocycles. The summed E-state index contributed by atoms with van der Waals surface area (Å²) in [6.07, 6.45) is 3.68. The van der Waals surface area contributed by atoms with Crippen LogP contribution in [0.1, 0.15) is 46.2 Å². The molecule has 0 N–H and O–H groups in total. The van der Waals surface area contributed by atoms with Gasteiger partial charge in [-0.1, -0.05) is 13.8 Å². The van der Waals surface area contributed by atoms with Crippen LogP contribution in [0.15, 0.2) is 11.4 Å². The summed E-state index contributed by atoms with van der Waals surface area (Å²) < 4.78 is 32.6. The molecule has 1 fully saturated rings. The second-order valence-corrected chi connectivity index (χ2v) is 9.79. The van der Waals surface area contributed by atoms with Crippen LogP contribution in [-0.2, 0) is 27.7 Å². The summed E-state index contributed by atoms with van der Waals surface area (Å²) in [6, 6.07) is 0.392. The highest BCUT2D eigenvalue weighted by molar-refractivity contribution is 7.91. The van der Waals surface area contributed by atoms with Gasteiger partial charge in [0, 0.05) is 25.7 Å². The Morgan fingerprint density at radius 3 is 2.62 bits per heavy atom. The molecule has 0 aromatic carbocycles. The van der Waals surface area contributed by atoms with Gasteiger partial charge in [0.15, 0.2) is 0 Å². The van der Waals surface area contributed by atoms with Gasteiger partial charge in [-0.15, -0.1) is 0 Å². The van der Waals surface area contributed by atoms with Gasteiger partial charge in [-0.25, -0.2) is 13.4 Å². The molecular weight excluding hydrogens is 326 g/mol. The molecule has 0 unspecified atom stereocenters. The van der Waals surface area contributed by atoms with Gasteiger partial charge in [0.1, 0.15) is 0 Å². The third-order valence-electron chi connectivity index (χ3n) is 4.65. The topological polar surface area (TPSA) is 64.4 Å². The monoisotopic (exact) mass is 357 g/mol. The van der Waals surface area contributed by atoms with Gasteiger partial charge in [-0.2, -0.15) is 0 Å². The minimum atomic E-state index is -3.38. The van der Waals surface area contributed by atoms with Crippen molar-refractivity contribution in [3.63, 3.8) is 0 Å². The molecule has 1 aromatic heterocycles. The van der Waals surface area contributed by atoms with Crippen LogP contribution in [0.25, 0.3) is 0 Å². The van der Waals surface area contributed by atoms with E-state index in [4.69, 9.17) is 4.74 Å². The van der Waals surface area contributed by atoms with Gasteiger partial charge in [-0.3, -0.25) is 4.90 Å². The second kappa shape index (κ2) is 7.97. The molecule has 1 aromatic rings. The molecule has 1 aliphatic rings. The zero-order chi connectivity index (χ0) is 17.9. The number of rotatable bonds is 8. The summed E-state index contributed by atoms with van der Waals surface area (Å²) >= 11 is 0. The number of likely N-dealkylation sites (N-methyl/N-ethyl adjacent to an activating group) is 1. The first-order chi connectivity index (χ1) is 11.2. The summed E-state index contributed by atoms with van der Waals surface area (Å²) in [5, 5.41) is -0.254. The lowest BCUT2D eigenvalue weighted by molar-refractivity contribution is 0.154. The van der Waals surface area contributed by atoms with Crippen LogP contribution < -0.4 is 0 Å². The largest absolute Gasteiger partial charge is 0.380 e. The van der Waals surface area contributed by atoms with Crippen molar-refractivity contribution < 1.29 is 13.2 Å². The fraction of sp³-hybridized carbons (Fsp3) is 0.824. The lowest BCUT2D eigenvalue weighted by Crippen LogP contribution is -2.32. The summed E-state index contributed by atoms with van der Waals surface area (Å²) in [4.78, 5) is 6.52. The minimum absolute atomic E-state index is 0.212. The number of nitrogens with zero attached hydrogens (tertiary/aromatic N) is 3. The molecule has 0 radical (unpaired) electrons. The molecule has 1 aliphatic heterocycles. The quantitative estimate of drug-likeness (QED) is 0.714. The molecule has 0 bridgehead atoms. The van der Waals surface area contributed by atoms with Crippen LogP contribution >= 0.6 is 0 Å². The standard InChI is InChI=1S/C17H31N3O3S/c1-13(2)6-8-20-16(11-19(5)15-7-9-23-12-15)10-18-17(20)24(21,22)14(3)4/h10,13-15H,6-9,11-12H2,1-5H3/t15-/m1/s1. The van der Waals surface area contributed by atoms with Gasteiger partial charge in [0.05, 0.1) is 23.7 Å². The zero-order valence-corrected chi connectivity index (χ0v) is 16.3. The molecule has 0 saturated carbocycles. The Kier molecular flexibility index (Phi) is 6.45. The van der Waals surface area contributed by atoms with E-state index in [0.717, 1.165) is 31.7 Å². The Morgan fingerprint density at radius 1 is 1.38 bits per heavy atom. The van der Waals surface area contributed by atoms with Crippen molar-refractivity contribution in [3.05, 3.63) is 11.9 Å². The Hall–Kier alpha value is -0.920. The molecule has 24 heavy (non-hydrogen) atoms. The summed E-state index contributed by atoms with van der Waals surface area (Å²) in [5.74, 6) is 0.510. The molecule has 1 saturated heterocycles. The average molecular weight is 358 g/mol. The van der Waals surface area contributed by atoms with E-state index in [2.05, 4.69) is 30.8 Å². The number of aromatic nitrogens is 2. The summed E-state index contributed by atoms with van der Waals surface area (Å²) in [7, 11) is -1.32. The van der Waals surface area contributed by atoms with E-state index in [1.165, 1.54) is 0 Å². The van der Waals surface area contributed by atoms with E-state index >= 15 is 0 Å².